The molecule has 0 aliphatic heterocycles. The van der Waals surface area contributed by atoms with Crippen molar-refractivity contribution in [2.75, 3.05) is 4.72 Å². The van der Waals surface area contributed by atoms with E-state index in [4.69, 9.17) is 0 Å². The lowest BCUT2D eigenvalue weighted by Crippen LogP contribution is -2.35. The SMILES string of the molecule is CCCCCCCCCC(O)c1ccccc1NS(=O)(=O)NC(C)C. The van der Waals surface area contributed by atoms with E-state index in [-0.39, 0.29) is 6.04 Å². The van der Waals surface area contributed by atoms with Crippen molar-refractivity contribution in [2.45, 2.75) is 84.3 Å². The molecule has 0 amide bonds. The van der Waals surface area contributed by atoms with E-state index in [0.717, 1.165) is 12.8 Å². The van der Waals surface area contributed by atoms with E-state index in [2.05, 4.69) is 16.4 Å². The number of unbranched alkanes of at least 4 members (excludes halogenated alkanes) is 6. The number of hydrogen-bond acceptors (Lipinski definition) is 3. The Morgan fingerprint density at radius 3 is 2.24 bits per heavy atom. The predicted octanol–water partition coefficient (Wildman–Crippen LogP) is 4.52. The van der Waals surface area contributed by atoms with Gasteiger partial charge < -0.3 is 5.11 Å². The van der Waals surface area contributed by atoms with Crippen LogP contribution in [0.15, 0.2) is 24.3 Å². The van der Waals surface area contributed by atoms with Crippen LogP contribution in [0.2, 0.25) is 0 Å². The van der Waals surface area contributed by atoms with Crippen molar-refractivity contribution in [3.05, 3.63) is 29.8 Å². The molecule has 0 spiro atoms. The molecule has 1 aromatic rings. The second-order valence-corrected chi connectivity index (χ2v) is 8.34. The summed E-state index contributed by atoms with van der Waals surface area (Å²) in [6.45, 7) is 5.74. The van der Waals surface area contributed by atoms with E-state index in [1.54, 1.807) is 32.0 Å². The van der Waals surface area contributed by atoms with E-state index in [0.29, 0.717) is 17.7 Å². The topological polar surface area (TPSA) is 78.4 Å². The normalized spacial score (nSPS) is 13.2. The molecule has 1 atom stereocenters. The van der Waals surface area contributed by atoms with Crippen molar-refractivity contribution in [1.82, 2.24) is 4.72 Å². The number of aliphatic hydroxyl groups excluding tert-OH is 1. The van der Waals surface area contributed by atoms with Gasteiger partial charge in [0.25, 0.3) is 10.2 Å². The molecule has 0 bridgehead atoms. The lowest BCUT2D eigenvalue weighted by molar-refractivity contribution is 0.164. The highest BCUT2D eigenvalue weighted by Crippen LogP contribution is 2.27. The fourth-order valence-corrected chi connectivity index (χ4v) is 3.97. The van der Waals surface area contributed by atoms with Crippen LogP contribution in [-0.4, -0.2) is 19.6 Å². The molecule has 0 radical (unpaired) electrons. The smallest absolute Gasteiger partial charge is 0.299 e. The fourth-order valence-electron chi connectivity index (χ4n) is 2.82. The van der Waals surface area contributed by atoms with E-state index in [1.165, 1.54) is 32.1 Å². The number of anilines is 1. The van der Waals surface area contributed by atoms with E-state index in [9.17, 15) is 13.5 Å². The number of rotatable bonds is 13. The zero-order valence-electron chi connectivity index (χ0n) is 15.8. The molecule has 0 aliphatic rings. The molecule has 0 saturated heterocycles. The van der Waals surface area contributed by atoms with E-state index >= 15 is 0 Å². The highest BCUT2D eigenvalue weighted by Gasteiger charge is 2.17. The molecule has 1 unspecified atom stereocenters. The number of benzene rings is 1. The molecule has 3 N–H and O–H groups in total. The largest absolute Gasteiger partial charge is 0.388 e. The molecule has 0 fully saturated rings. The summed E-state index contributed by atoms with van der Waals surface area (Å²) in [6, 6.07) is 6.85. The molecule has 144 valence electrons. The molecule has 25 heavy (non-hydrogen) atoms. The molecule has 0 heterocycles. The predicted molar refractivity (Wildman–Crippen MR) is 105 cm³/mol. The first-order chi connectivity index (χ1) is 11.9. The van der Waals surface area contributed by atoms with Gasteiger partial charge in [-0.25, -0.2) is 0 Å². The maximum atomic E-state index is 12.1. The Morgan fingerprint density at radius 1 is 1.00 bits per heavy atom. The van der Waals surface area contributed by atoms with Crippen LogP contribution in [0.4, 0.5) is 5.69 Å². The van der Waals surface area contributed by atoms with Gasteiger partial charge in [-0.1, -0.05) is 70.1 Å². The van der Waals surface area contributed by atoms with Gasteiger partial charge in [0.15, 0.2) is 0 Å². The van der Waals surface area contributed by atoms with Gasteiger partial charge in [0.1, 0.15) is 0 Å². The summed E-state index contributed by atoms with van der Waals surface area (Å²) in [5.74, 6) is 0. The minimum atomic E-state index is -3.64. The first-order valence-corrected chi connectivity index (χ1v) is 10.9. The zero-order chi connectivity index (χ0) is 18.7. The third-order valence-electron chi connectivity index (χ3n) is 4.04. The van der Waals surface area contributed by atoms with Crippen LogP contribution >= 0.6 is 0 Å². The summed E-state index contributed by atoms with van der Waals surface area (Å²) in [5, 5.41) is 10.5. The van der Waals surface area contributed by atoms with Crippen LogP contribution in [0, 0.1) is 0 Å². The summed E-state index contributed by atoms with van der Waals surface area (Å²) >= 11 is 0. The zero-order valence-corrected chi connectivity index (χ0v) is 16.6. The van der Waals surface area contributed by atoms with Crippen molar-refractivity contribution in [2.24, 2.45) is 0 Å². The molecular formula is C19H34N2O3S. The minimum Gasteiger partial charge on any atom is -0.388 e. The van der Waals surface area contributed by atoms with Gasteiger partial charge >= 0.3 is 0 Å². The van der Waals surface area contributed by atoms with Crippen LogP contribution in [0.5, 0.6) is 0 Å². The van der Waals surface area contributed by atoms with Crippen LogP contribution in [0.3, 0.4) is 0 Å². The minimum absolute atomic E-state index is 0.192. The van der Waals surface area contributed by atoms with Crippen molar-refractivity contribution in [1.29, 1.82) is 0 Å². The highest BCUT2D eigenvalue weighted by atomic mass is 32.2. The van der Waals surface area contributed by atoms with Crippen molar-refractivity contribution in [3.8, 4) is 0 Å². The maximum absolute atomic E-state index is 12.1. The summed E-state index contributed by atoms with van der Waals surface area (Å²) in [6.07, 6.45) is 8.30. The first-order valence-electron chi connectivity index (χ1n) is 9.42. The second-order valence-electron chi connectivity index (χ2n) is 6.89. The van der Waals surface area contributed by atoms with Crippen molar-refractivity contribution < 1.29 is 13.5 Å². The van der Waals surface area contributed by atoms with Crippen LogP contribution in [0.25, 0.3) is 0 Å². The van der Waals surface area contributed by atoms with Crippen LogP contribution in [-0.2, 0) is 10.2 Å². The second kappa shape index (κ2) is 11.5. The van der Waals surface area contributed by atoms with Gasteiger partial charge in [-0.3, -0.25) is 4.72 Å². The first kappa shape index (κ1) is 21.9. The summed E-state index contributed by atoms with van der Waals surface area (Å²) in [5.41, 5.74) is 1.06. The van der Waals surface area contributed by atoms with Gasteiger partial charge in [-0.15, -0.1) is 0 Å². The molecule has 5 nitrogen and oxygen atoms in total. The fraction of sp³-hybridized carbons (Fsp3) is 0.684. The van der Waals surface area contributed by atoms with Crippen molar-refractivity contribution >= 4 is 15.9 Å². The number of para-hydroxylation sites is 1. The molecule has 6 heteroatoms. The van der Waals surface area contributed by atoms with E-state index < -0.39 is 16.3 Å². The molecule has 0 aromatic heterocycles. The lowest BCUT2D eigenvalue weighted by atomic mass is 10.0. The Hall–Kier alpha value is -1.11. The maximum Gasteiger partial charge on any atom is 0.299 e. The Bertz CT molecular complexity index is 588. The summed E-state index contributed by atoms with van der Waals surface area (Å²) < 4.78 is 29.1. The monoisotopic (exact) mass is 370 g/mol. The Labute approximate surface area is 153 Å². The van der Waals surface area contributed by atoms with Gasteiger partial charge in [-0.2, -0.15) is 13.1 Å². The standard InChI is InChI=1S/C19H34N2O3S/c1-4-5-6-7-8-9-10-15-19(22)17-13-11-12-14-18(17)21-25(23,24)20-16(2)3/h11-14,16,19-22H,4-10,15H2,1-3H3. The third-order valence-corrected chi connectivity index (χ3v) is 5.31. The van der Waals surface area contributed by atoms with Gasteiger partial charge in [0.2, 0.25) is 0 Å². The summed E-state index contributed by atoms with van der Waals surface area (Å²) in [4.78, 5) is 0. The molecule has 0 aliphatic carbocycles. The third kappa shape index (κ3) is 9.23. The van der Waals surface area contributed by atoms with Crippen LogP contribution < -0.4 is 9.44 Å². The lowest BCUT2D eigenvalue weighted by Gasteiger charge is -2.18. The number of nitrogens with one attached hydrogen (secondary N) is 2. The van der Waals surface area contributed by atoms with E-state index in [1.807, 2.05) is 6.07 Å². The molecule has 1 rings (SSSR count). The quantitative estimate of drug-likeness (QED) is 0.447. The Morgan fingerprint density at radius 2 is 1.60 bits per heavy atom. The summed E-state index contributed by atoms with van der Waals surface area (Å²) in [7, 11) is -3.64. The average Bonchev–Trinajstić information content (AvgIpc) is 2.52. The average molecular weight is 371 g/mol. The Balaban J connectivity index is 2.54. The molecule has 1 aromatic carbocycles. The number of hydrogen-bond donors (Lipinski definition) is 3. The number of aliphatic hydroxyl groups is 1. The van der Waals surface area contributed by atoms with Crippen LogP contribution in [0.1, 0.15) is 83.8 Å². The van der Waals surface area contributed by atoms with Gasteiger partial charge in [0, 0.05) is 11.6 Å². The Kier molecular flexibility index (Phi) is 10.1. The van der Waals surface area contributed by atoms with Crippen molar-refractivity contribution in [3.63, 3.8) is 0 Å². The molecular weight excluding hydrogens is 336 g/mol. The van der Waals surface area contributed by atoms with Gasteiger partial charge in [-0.05, 0) is 26.3 Å². The molecule has 0 saturated carbocycles. The van der Waals surface area contributed by atoms with Gasteiger partial charge in [0.05, 0.1) is 11.8 Å². The highest BCUT2D eigenvalue weighted by molar-refractivity contribution is 7.90.